The van der Waals surface area contributed by atoms with Crippen molar-refractivity contribution < 1.29 is 94.2 Å². The molecule has 0 bridgehead atoms. The van der Waals surface area contributed by atoms with Gasteiger partial charge in [0.25, 0.3) is 0 Å². The minimum Gasteiger partial charge on any atom is -1.00 e. The second kappa shape index (κ2) is 17.6. The summed E-state index contributed by atoms with van der Waals surface area (Å²) in [6, 6.07) is 0. The van der Waals surface area contributed by atoms with E-state index in [0.29, 0.717) is 12.2 Å². The van der Waals surface area contributed by atoms with Crippen molar-refractivity contribution in [1.29, 1.82) is 0 Å². The molecule has 0 aromatic carbocycles. The van der Waals surface area contributed by atoms with Crippen LogP contribution in [0.1, 0.15) is 15.7 Å². The summed E-state index contributed by atoms with van der Waals surface area (Å²) >= 11 is 3.83. The molecule has 1 radical (unpaired) electrons. The molecule has 0 fully saturated rings. The molecule has 0 amide bonds. The van der Waals surface area contributed by atoms with E-state index in [1.165, 1.54) is 0 Å². The van der Waals surface area contributed by atoms with Gasteiger partial charge in [0.2, 0.25) is 0 Å². The van der Waals surface area contributed by atoms with Gasteiger partial charge in [-0.15, -0.1) is 0 Å². The first-order valence-corrected chi connectivity index (χ1v) is 2.73. The molecular formula is C4H10AuNa2O2S. The summed E-state index contributed by atoms with van der Waals surface area (Å²) in [6.07, 6.45) is 0.905. The molecule has 0 rings (SSSR count). The standard InChI is InChI=1S/C4H8O2S.Au.2Na.2H/c5-4(6)2-1-3-7;;;;;/h7H,1-3H2,(H,5,6);;;;;/q;;2*+1;2*-1. The molecule has 0 unspecified atom stereocenters. The minimum atomic E-state index is -0.742. The quantitative estimate of drug-likeness (QED) is 0.389. The van der Waals surface area contributed by atoms with Crippen LogP contribution in [0.25, 0.3) is 0 Å². The Kier molecular flexibility index (Phi) is 40.3. The Labute approximate surface area is 129 Å². The van der Waals surface area contributed by atoms with E-state index in [4.69, 9.17) is 5.11 Å². The average molecular weight is 365 g/mol. The monoisotopic (exact) mass is 365 g/mol. The summed E-state index contributed by atoms with van der Waals surface area (Å²) in [4.78, 5) is 9.72. The predicted octanol–water partition coefficient (Wildman–Crippen LogP) is -4.99. The zero-order valence-electron chi connectivity index (χ0n) is 8.23. The maximum absolute atomic E-state index is 9.72. The Morgan fingerprint density at radius 2 is 1.90 bits per heavy atom. The fraction of sp³-hybridized carbons (Fsp3) is 0.750. The van der Waals surface area contributed by atoms with Crippen LogP contribution in [0.15, 0.2) is 0 Å². The summed E-state index contributed by atoms with van der Waals surface area (Å²) in [5.41, 5.74) is 0. The SMILES string of the molecule is O=C(O)CCCS.[Au].[H-].[H-].[Na+].[Na+]. The molecular weight excluding hydrogens is 355 g/mol. The summed E-state index contributed by atoms with van der Waals surface area (Å²) in [6.45, 7) is 0. The fourth-order valence-corrected chi connectivity index (χ4v) is 0.388. The van der Waals surface area contributed by atoms with Gasteiger partial charge in [-0.25, -0.2) is 0 Å². The van der Waals surface area contributed by atoms with Crippen LogP contribution in [0.5, 0.6) is 0 Å². The maximum Gasteiger partial charge on any atom is 1.00 e. The zero-order chi connectivity index (χ0) is 5.70. The van der Waals surface area contributed by atoms with Gasteiger partial charge in [0.15, 0.2) is 0 Å². The molecule has 0 saturated carbocycles. The van der Waals surface area contributed by atoms with Gasteiger partial charge in [-0.1, -0.05) is 0 Å². The molecule has 0 aliphatic carbocycles. The largest absolute Gasteiger partial charge is 1.00 e. The smallest absolute Gasteiger partial charge is 1.00 e. The number of rotatable bonds is 3. The first kappa shape index (κ1) is 22.9. The van der Waals surface area contributed by atoms with Crippen LogP contribution in [0, 0.1) is 0 Å². The van der Waals surface area contributed by atoms with Crippen molar-refractivity contribution in [3.8, 4) is 0 Å². The number of carboxylic acid groups (broad SMARTS) is 1. The van der Waals surface area contributed by atoms with Gasteiger partial charge < -0.3 is 7.96 Å². The Balaban J connectivity index is -0.0000000180. The molecule has 0 saturated heterocycles. The van der Waals surface area contributed by atoms with Gasteiger partial charge in [-0.3, -0.25) is 4.79 Å². The Hall–Kier alpha value is 2.56. The van der Waals surface area contributed by atoms with Crippen molar-refractivity contribution in [3.05, 3.63) is 0 Å². The van der Waals surface area contributed by atoms with Gasteiger partial charge >= 0.3 is 65.1 Å². The summed E-state index contributed by atoms with van der Waals surface area (Å²) < 4.78 is 0. The number of carbonyl (C=O) groups is 1. The van der Waals surface area contributed by atoms with Crippen molar-refractivity contribution in [2.24, 2.45) is 0 Å². The van der Waals surface area contributed by atoms with Crippen molar-refractivity contribution in [2.45, 2.75) is 12.8 Å². The molecule has 0 aromatic heterocycles. The molecule has 0 aromatic rings. The summed E-state index contributed by atoms with van der Waals surface area (Å²) in [7, 11) is 0. The molecule has 1 N–H and O–H groups in total. The van der Waals surface area contributed by atoms with Crippen LogP contribution in [0.4, 0.5) is 0 Å². The molecule has 57 valence electrons. The predicted molar refractivity (Wildman–Crippen MR) is 32.9 cm³/mol. The second-order valence-corrected chi connectivity index (χ2v) is 1.67. The van der Waals surface area contributed by atoms with Crippen LogP contribution < -0.4 is 59.1 Å². The molecule has 0 aliphatic heterocycles. The first-order valence-electron chi connectivity index (χ1n) is 2.10. The van der Waals surface area contributed by atoms with Gasteiger partial charge in [0.1, 0.15) is 0 Å². The van der Waals surface area contributed by atoms with Crippen molar-refractivity contribution >= 4 is 18.6 Å². The van der Waals surface area contributed by atoms with E-state index >= 15 is 0 Å². The van der Waals surface area contributed by atoms with E-state index in [0.717, 1.165) is 0 Å². The molecule has 0 heterocycles. The first-order chi connectivity index (χ1) is 3.27. The van der Waals surface area contributed by atoms with Crippen molar-refractivity contribution in [3.63, 3.8) is 0 Å². The second-order valence-electron chi connectivity index (χ2n) is 1.22. The van der Waals surface area contributed by atoms with Crippen LogP contribution in [-0.2, 0) is 27.2 Å². The van der Waals surface area contributed by atoms with Crippen LogP contribution >= 0.6 is 12.6 Å². The van der Waals surface area contributed by atoms with E-state index in [9.17, 15) is 4.79 Å². The Morgan fingerprint density at radius 1 is 1.50 bits per heavy atom. The van der Waals surface area contributed by atoms with Crippen LogP contribution in [0.3, 0.4) is 0 Å². The fourth-order valence-electron chi connectivity index (χ4n) is 0.230. The topological polar surface area (TPSA) is 37.3 Å². The van der Waals surface area contributed by atoms with E-state index in [-0.39, 0.29) is 90.8 Å². The van der Waals surface area contributed by atoms with E-state index < -0.39 is 5.97 Å². The van der Waals surface area contributed by atoms with Crippen LogP contribution in [-0.4, -0.2) is 16.8 Å². The third-order valence-corrected chi connectivity index (χ3v) is 0.865. The third-order valence-electron chi connectivity index (χ3n) is 0.549. The maximum atomic E-state index is 9.72. The van der Waals surface area contributed by atoms with E-state index in [1.807, 2.05) is 0 Å². The molecule has 0 spiro atoms. The number of thiol groups is 1. The van der Waals surface area contributed by atoms with Gasteiger partial charge in [-0.2, -0.15) is 12.6 Å². The molecule has 0 atom stereocenters. The molecule has 6 heteroatoms. The van der Waals surface area contributed by atoms with Crippen molar-refractivity contribution in [2.75, 3.05) is 5.75 Å². The third kappa shape index (κ3) is 22.4. The Morgan fingerprint density at radius 3 is 2.00 bits per heavy atom. The zero-order valence-corrected chi connectivity index (χ0v) is 13.3. The number of aliphatic carboxylic acids is 1. The van der Waals surface area contributed by atoms with Crippen LogP contribution in [0.2, 0.25) is 0 Å². The van der Waals surface area contributed by atoms with E-state index in [1.54, 1.807) is 0 Å². The van der Waals surface area contributed by atoms with Gasteiger partial charge in [-0.05, 0) is 12.2 Å². The summed E-state index contributed by atoms with van der Waals surface area (Å²) in [5, 5.41) is 8.01. The molecule has 0 aliphatic rings. The normalized spacial score (nSPS) is 6.10. The van der Waals surface area contributed by atoms with Crippen molar-refractivity contribution in [1.82, 2.24) is 0 Å². The Bertz CT molecular complexity index is 82.1. The number of carboxylic acids is 1. The van der Waals surface area contributed by atoms with E-state index in [2.05, 4.69) is 12.6 Å². The number of hydrogen-bond acceptors (Lipinski definition) is 2. The molecule has 2 nitrogen and oxygen atoms in total. The summed E-state index contributed by atoms with van der Waals surface area (Å²) in [5.74, 6) is -0.0826. The molecule has 10 heavy (non-hydrogen) atoms. The van der Waals surface area contributed by atoms with Gasteiger partial charge in [0, 0.05) is 28.8 Å². The van der Waals surface area contributed by atoms with Gasteiger partial charge in [0.05, 0.1) is 0 Å². The minimum absolute atomic E-state index is 0. The number of hydrogen-bond donors (Lipinski definition) is 2. The average Bonchev–Trinajstić information content (AvgIpc) is 1.61.